The molecule has 0 radical (unpaired) electrons. The summed E-state index contributed by atoms with van der Waals surface area (Å²) in [6, 6.07) is 4.61. The van der Waals surface area contributed by atoms with Crippen LogP contribution in [0, 0.1) is 5.82 Å². The van der Waals surface area contributed by atoms with Gasteiger partial charge in [0.05, 0.1) is 12.6 Å². The molecule has 106 valence electrons. The van der Waals surface area contributed by atoms with Crippen molar-refractivity contribution in [2.45, 2.75) is 39.8 Å². The minimum atomic E-state index is -0.483. The Morgan fingerprint density at radius 1 is 1.32 bits per heavy atom. The average molecular weight is 268 g/mol. The molecule has 1 amide bonds. The highest BCUT2D eigenvalue weighted by Crippen LogP contribution is 2.22. The van der Waals surface area contributed by atoms with Crippen LogP contribution in [0.15, 0.2) is 18.2 Å². The van der Waals surface area contributed by atoms with Crippen LogP contribution in [-0.2, 0) is 4.79 Å². The van der Waals surface area contributed by atoms with Crippen molar-refractivity contribution >= 4 is 11.6 Å². The molecule has 19 heavy (non-hydrogen) atoms. The van der Waals surface area contributed by atoms with Gasteiger partial charge in [0, 0.05) is 17.8 Å². The maximum atomic E-state index is 13.7. The highest BCUT2D eigenvalue weighted by atomic mass is 19.1. The monoisotopic (exact) mass is 268 g/mol. The molecule has 0 unspecified atom stereocenters. The number of rotatable bonds is 6. The smallest absolute Gasteiger partial charge is 0.238 e. The Labute approximate surface area is 113 Å². The van der Waals surface area contributed by atoms with Crippen molar-refractivity contribution < 1.29 is 13.9 Å². The SMILES string of the molecule is CC(C)NCC(=O)Nc1ccc(OC(C)C)c(F)c1. The van der Waals surface area contributed by atoms with E-state index in [1.165, 1.54) is 12.1 Å². The van der Waals surface area contributed by atoms with Gasteiger partial charge in [0.2, 0.25) is 5.91 Å². The third-order valence-corrected chi connectivity index (χ3v) is 2.25. The van der Waals surface area contributed by atoms with Crippen LogP contribution < -0.4 is 15.4 Å². The summed E-state index contributed by atoms with van der Waals surface area (Å²) in [4.78, 5) is 11.6. The summed E-state index contributed by atoms with van der Waals surface area (Å²) in [5, 5.41) is 5.61. The maximum absolute atomic E-state index is 13.7. The number of carbonyl (C=O) groups excluding carboxylic acids is 1. The van der Waals surface area contributed by atoms with Gasteiger partial charge in [-0.25, -0.2) is 4.39 Å². The van der Waals surface area contributed by atoms with Gasteiger partial charge in [0.1, 0.15) is 0 Å². The van der Waals surface area contributed by atoms with E-state index in [4.69, 9.17) is 4.74 Å². The predicted molar refractivity (Wildman–Crippen MR) is 73.9 cm³/mol. The summed E-state index contributed by atoms with van der Waals surface area (Å²) in [7, 11) is 0. The van der Waals surface area contributed by atoms with Gasteiger partial charge in [-0.2, -0.15) is 0 Å². The van der Waals surface area contributed by atoms with Gasteiger partial charge in [-0.15, -0.1) is 0 Å². The molecule has 1 aromatic carbocycles. The lowest BCUT2D eigenvalue weighted by Gasteiger charge is -2.12. The predicted octanol–water partition coefficient (Wildman–Crippen LogP) is 2.55. The number of hydrogen-bond acceptors (Lipinski definition) is 3. The highest BCUT2D eigenvalue weighted by molar-refractivity contribution is 5.92. The first kappa shape index (κ1) is 15.4. The molecule has 0 fully saturated rings. The number of anilines is 1. The molecule has 1 rings (SSSR count). The number of benzene rings is 1. The number of halogens is 1. The molecule has 0 heterocycles. The average Bonchev–Trinajstić information content (AvgIpc) is 2.29. The molecule has 0 aliphatic carbocycles. The maximum Gasteiger partial charge on any atom is 0.238 e. The van der Waals surface area contributed by atoms with Crippen LogP contribution in [0.1, 0.15) is 27.7 Å². The number of ether oxygens (including phenoxy) is 1. The Morgan fingerprint density at radius 3 is 2.53 bits per heavy atom. The second kappa shape index (κ2) is 7.09. The van der Waals surface area contributed by atoms with E-state index in [1.807, 2.05) is 27.7 Å². The van der Waals surface area contributed by atoms with Gasteiger partial charge in [0.15, 0.2) is 11.6 Å². The van der Waals surface area contributed by atoms with Crippen molar-refractivity contribution in [1.82, 2.24) is 5.32 Å². The Kier molecular flexibility index (Phi) is 5.76. The number of nitrogens with one attached hydrogen (secondary N) is 2. The van der Waals surface area contributed by atoms with E-state index in [1.54, 1.807) is 6.07 Å². The molecule has 0 saturated heterocycles. The Morgan fingerprint density at radius 2 is 2.00 bits per heavy atom. The van der Waals surface area contributed by atoms with Gasteiger partial charge >= 0.3 is 0 Å². The molecular weight excluding hydrogens is 247 g/mol. The van der Waals surface area contributed by atoms with Gasteiger partial charge in [0.25, 0.3) is 0 Å². The van der Waals surface area contributed by atoms with Crippen molar-refractivity contribution in [2.75, 3.05) is 11.9 Å². The van der Waals surface area contributed by atoms with Crippen LogP contribution >= 0.6 is 0 Å². The van der Waals surface area contributed by atoms with E-state index < -0.39 is 5.82 Å². The van der Waals surface area contributed by atoms with E-state index in [0.29, 0.717) is 5.69 Å². The lowest BCUT2D eigenvalue weighted by Crippen LogP contribution is -2.32. The third-order valence-electron chi connectivity index (χ3n) is 2.25. The zero-order valence-corrected chi connectivity index (χ0v) is 11.8. The van der Waals surface area contributed by atoms with Gasteiger partial charge in [-0.1, -0.05) is 13.8 Å². The molecule has 2 N–H and O–H groups in total. The zero-order valence-electron chi connectivity index (χ0n) is 11.8. The number of hydrogen-bond donors (Lipinski definition) is 2. The normalized spacial score (nSPS) is 10.9. The lowest BCUT2D eigenvalue weighted by molar-refractivity contribution is -0.115. The fourth-order valence-corrected chi connectivity index (χ4v) is 1.43. The van der Waals surface area contributed by atoms with Crippen molar-refractivity contribution in [3.63, 3.8) is 0 Å². The lowest BCUT2D eigenvalue weighted by atomic mass is 10.2. The fourth-order valence-electron chi connectivity index (χ4n) is 1.43. The van der Waals surface area contributed by atoms with Crippen molar-refractivity contribution in [3.8, 4) is 5.75 Å². The summed E-state index contributed by atoms with van der Waals surface area (Å²) >= 11 is 0. The second-order valence-electron chi connectivity index (χ2n) is 4.90. The minimum absolute atomic E-state index is 0.0924. The Hall–Kier alpha value is -1.62. The van der Waals surface area contributed by atoms with E-state index in [2.05, 4.69) is 10.6 Å². The Balaban J connectivity index is 2.60. The first-order chi connectivity index (χ1) is 8.88. The molecule has 0 saturated carbocycles. The van der Waals surface area contributed by atoms with Crippen LogP contribution in [-0.4, -0.2) is 24.6 Å². The van der Waals surface area contributed by atoms with Crippen molar-refractivity contribution in [3.05, 3.63) is 24.0 Å². The van der Waals surface area contributed by atoms with Crippen LogP contribution in [0.4, 0.5) is 10.1 Å². The first-order valence-corrected chi connectivity index (χ1v) is 6.38. The molecule has 0 spiro atoms. The van der Waals surface area contributed by atoms with E-state index >= 15 is 0 Å². The van der Waals surface area contributed by atoms with E-state index in [-0.39, 0.29) is 30.3 Å². The minimum Gasteiger partial charge on any atom is -0.488 e. The summed E-state index contributed by atoms with van der Waals surface area (Å²) in [6.07, 6.45) is -0.0924. The van der Waals surface area contributed by atoms with E-state index in [9.17, 15) is 9.18 Å². The number of carbonyl (C=O) groups is 1. The topological polar surface area (TPSA) is 50.4 Å². The Bertz CT molecular complexity index is 433. The number of amides is 1. The summed E-state index contributed by atoms with van der Waals surface area (Å²) in [5.41, 5.74) is 0.421. The molecule has 0 bridgehead atoms. The summed E-state index contributed by atoms with van der Waals surface area (Å²) in [6.45, 7) is 7.75. The third kappa shape index (κ3) is 5.70. The van der Waals surface area contributed by atoms with Crippen LogP contribution in [0.2, 0.25) is 0 Å². The second-order valence-corrected chi connectivity index (χ2v) is 4.90. The molecule has 0 aliphatic heterocycles. The largest absolute Gasteiger partial charge is 0.488 e. The quantitative estimate of drug-likeness (QED) is 0.833. The van der Waals surface area contributed by atoms with E-state index in [0.717, 1.165) is 0 Å². The standard InChI is InChI=1S/C14H21FN2O2/c1-9(2)16-8-14(18)17-11-5-6-13(12(15)7-11)19-10(3)4/h5-7,9-10,16H,8H2,1-4H3,(H,17,18). The molecule has 0 atom stereocenters. The molecule has 0 aromatic heterocycles. The van der Waals surface area contributed by atoms with Crippen molar-refractivity contribution in [1.29, 1.82) is 0 Å². The molecular formula is C14H21FN2O2. The van der Waals surface area contributed by atoms with Crippen molar-refractivity contribution in [2.24, 2.45) is 0 Å². The molecule has 0 aliphatic rings. The van der Waals surface area contributed by atoms with Crippen LogP contribution in [0.25, 0.3) is 0 Å². The molecule has 5 heteroatoms. The highest BCUT2D eigenvalue weighted by Gasteiger charge is 2.08. The zero-order chi connectivity index (χ0) is 14.4. The van der Waals surface area contributed by atoms with Crippen LogP contribution in [0.5, 0.6) is 5.75 Å². The summed E-state index contributed by atoms with van der Waals surface area (Å²) in [5.74, 6) is -0.498. The first-order valence-electron chi connectivity index (χ1n) is 6.38. The fraction of sp³-hybridized carbons (Fsp3) is 0.500. The molecule has 1 aromatic rings. The van der Waals surface area contributed by atoms with Gasteiger partial charge in [-0.05, 0) is 26.0 Å². The molecule has 4 nitrogen and oxygen atoms in total. The summed E-state index contributed by atoms with van der Waals surface area (Å²) < 4.78 is 19.0. The van der Waals surface area contributed by atoms with Crippen LogP contribution in [0.3, 0.4) is 0 Å². The van der Waals surface area contributed by atoms with Gasteiger partial charge in [-0.3, -0.25) is 4.79 Å². The van der Waals surface area contributed by atoms with Gasteiger partial charge < -0.3 is 15.4 Å².